The quantitative estimate of drug-likeness (QED) is 0.143. The molecule has 9 atom stereocenters. The van der Waals surface area contributed by atoms with Crippen LogP contribution in [0.4, 0.5) is 4.79 Å². The number of benzene rings is 1. The monoisotopic (exact) mass is 721 g/mol. The average Bonchev–Trinajstić information content (AvgIpc) is 3.44. The minimum absolute atomic E-state index is 0.0351. The molecule has 282 valence electrons. The van der Waals surface area contributed by atoms with Gasteiger partial charge in [-0.1, -0.05) is 65.0 Å². The molecule has 9 heteroatoms. The number of sulfonamides is 1. The SMILES string of the molecule is C=C(C)[C@@H]1CC[C@]2(NC(=O)NCCCNS(=O)(=O)CC)CC[C@]3(C)[C@H](CC[C@@H]4[C@@]5(C)CC=C(c6ccc(C(=O)O)cc6)C(C)(C)[C@@H]5CC[C@]43C)[C@@H]12. The van der Waals surface area contributed by atoms with E-state index in [1.165, 1.54) is 36.8 Å². The second kappa shape index (κ2) is 13.3. The van der Waals surface area contributed by atoms with E-state index in [0.717, 1.165) is 37.7 Å². The normalized spacial score (nSPS) is 38.3. The lowest BCUT2D eigenvalue weighted by molar-refractivity contribution is -0.218. The highest BCUT2D eigenvalue weighted by atomic mass is 32.2. The number of nitrogens with one attached hydrogen (secondary N) is 3. The molecule has 4 N–H and O–H groups in total. The van der Waals surface area contributed by atoms with Crippen LogP contribution >= 0.6 is 0 Å². The van der Waals surface area contributed by atoms with Crippen LogP contribution in [0.3, 0.4) is 0 Å². The zero-order valence-electron chi connectivity index (χ0n) is 32.2. The van der Waals surface area contributed by atoms with E-state index in [4.69, 9.17) is 0 Å². The topological polar surface area (TPSA) is 125 Å². The lowest BCUT2D eigenvalue weighted by atomic mass is 9.33. The first-order valence-corrected chi connectivity index (χ1v) is 21.2. The Morgan fingerprint density at radius 3 is 2.25 bits per heavy atom. The van der Waals surface area contributed by atoms with Gasteiger partial charge in [-0.2, -0.15) is 0 Å². The number of aromatic carboxylic acids is 1. The maximum Gasteiger partial charge on any atom is 0.335 e. The van der Waals surface area contributed by atoms with Gasteiger partial charge in [-0.05, 0) is 153 Å². The maximum atomic E-state index is 13.5. The van der Waals surface area contributed by atoms with Gasteiger partial charge in [0.2, 0.25) is 10.0 Å². The number of fused-ring (bicyclic) bond motifs is 7. The molecule has 4 saturated carbocycles. The van der Waals surface area contributed by atoms with Crippen LogP contribution in [-0.2, 0) is 10.0 Å². The predicted molar refractivity (Wildman–Crippen MR) is 205 cm³/mol. The highest BCUT2D eigenvalue weighted by Crippen LogP contribution is 2.76. The summed E-state index contributed by atoms with van der Waals surface area (Å²) in [5.74, 6) is 1.52. The third-order valence-electron chi connectivity index (χ3n) is 15.8. The fourth-order valence-electron chi connectivity index (χ4n) is 13.1. The summed E-state index contributed by atoms with van der Waals surface area (Å²) in [4.78, 5) is 25.0. The first-order chi connectivity index (χ1) is 23.9. The molecule has 0 bridgehead atoms. The third kappa shape index (κ3) is 6.20. The Morgan fingerprint density at radius 2 is 1.61 bits per heavy atom. The van der Waals surface area contributed by atoms with Crippen molar-refractivity contribution in [2.45, 2.75) is 118 Å². The van der Waals surface area contributed by atoms with Gasteiger partial charge in [0.05, 0.1) is 11.3 Å². The summed E-state index contributed by atoms with van der Waals surface area (Å²) in [6.07, 6.45) is 12.9. The number of carbonyl (C=O) groups excluding carboxylic acids is 1. The molecule has 0 aromatic heterocycles. The molecule has 0 unspecified atom stereocenters. The van der Waals surface area contributed by atoms with Crippen molar-refractivity contribution in [1.29, 1.82) is 0 Å². The average molecular weight is 722 g/mol. The number of rotatable bonds is 10. The highest BCUT2D eigenvalue weighted by molar-refractivity contribution is 7.89. The van der Waals surface area contributed by atoms with Crippen LogP contribution in [0.25, 0.3) is 5.57 Å². The van der Waals surface area contributed by atoms with E-state index >= 15 is 0 Å². The second-order valence-electron chi connectivity index (χ2n) is 18.3. The molecule has 0 saturated heterocycles. The molecular formula is C42H63N3O5S. The fourth-order valence-corrected chi connectivity index (χ4v) is 13.8. The zero-order chi connectivity index (χ0) is 37.2. The standard InChI is InChI=1S/C42H63N3O5S/c1-9-51(49,50)44-26-10-25-43-37(48)45-42-22-17-30(27(2)3)35(42)32-15-16-34-39(6)20-18-31(28-11-13-29(14-12-28)36(46)47)38(4,5)33(39)19-21-41(34,8)40(32,7)23-24-42/h11-14,18,30,32-35,44H,2,9-10,15-17,19-26H2,1,3-8H3,(H,46,47)(H2,43,45,48)/t30-,32+,33-,34+,35+,39-,40+,41+,42-/m0/s1. The van der Waals surface area contributed by atoms with E-state index < -0.39 is 16.0 Å². The number of hydrogen-bond donors (Lipinski definition) is 4. The summed E-state index contributed by atoms with van der Waals surface area (Å²) in [6.45, 7) is 21.7. The first kappa shape index (κ1) is 38.1. The summed E-state index contributed by atoms with van der Waals surface area (Å²) < 4.78 is 26.2. The summed E-state index contributed by atoms with van der Waals surface area (Å²) in [6, 6.07) is 7.34. The molecule has 5 aliphatic carbocycles. The van der Waals surface area contributed by atoms with Crippen LogP contribution in [-0.4, -0.2) is 49.9 Å². The van der Waals surface area contributed by atoms with Crippen molar-refractivity contribution in [1.82, 2.24) is 15.4 Å². The van der Waals surface area contributed by atoms with Gasteiger partial charge in [0.15, 0.2) is 0 Å². The molecule has 5 aliphatic rings. The predicted octanol–water partition coefficient (Wildman–Crippen LogP) is 8.42. The largest absolute Gasteiger partial charge is 0.478 e. The molecule has 0 heterocycles. The van der Waals surface area contributed by atoms with Crippen LogP contribution in [0, 0.1) is 51.2 Å². The van der Waals surface area contributed by atoms with E-state index in [-0.39, 0.29) is 39.0 Å². The fraction of sp³-hybridized carbons (Fsp3) is 0.714. The number of carboxylic acid groups (broad SMARTS) is 1. The smallest absolute Gasteiger partial charge is 0.335 e. The number of carboxylic acids is 1. The molecule has 4 fully saturated rings. The molecule has 0 aliphatic heterocycles. The Bertz CT molecular complexity index is 1690. The highest BCUT2D eigenvalue weighted by Gasteiger charge is 2.70. The number of amides is 2. The van der Waals surface area contributed by atoms with E-state index in [0.29, 0.717) is 54.7 Å². The molecule has 1 aromatic carbocycles. The van der Waals surface area contributed by atoms with Crippen molar-refractivity contribution in [3.05, 3.63) is 53.6 Å². The van der Waals surface area contributed by atoms with Crippen molar-refractivity contribution in [3.63, 3.8) is 0 Å². The molecule has 51 heavy (non-hydrogen) atoms. The minimum Gasteiger partial charge on any atom is -0.478 e. The van der Waals surface area contributed by atoms with Crippen LogP contribution in [0.15, 0.2) is 42.5 Å². The van der Waals surface area contributed by atoms with Crippen molar-refractivity contribution in [2.24, 2.45) is 51.2 Å². The minimum atomic E-state index is -3.24. The van der Waals surface area contributed by atoms with Gasteiger partial charge in [-0.15, -0.1) is 0 Å². The van der Waals surface area contributed by atoms with Gasteiger partial charge in [0.25, 0.3) is 0 Å². The van der Waals surface area contributed by atoms with Crippen molar-refractivity contribution < 1.29 is 23.1 Å². The summed E-state index contributed by atoms with van der Waals surface area (Å²) in [7, 11) is -3.24. The molecule has 6 rings (SSSR count). The number of allylic oxidation sites excluding steroid dienone is 3. The van der Waals surface area contributed by atoms with Crippen LogP contribution < -0.4 is 15.4 Å². The van der Waals surface area contributed by atoms with Crippen molar-refractivity contribution in [3.8, 4) is 0 Å². The van der Waals surface area contributed by atoms with Gasteiger partial charge >= 0.3 is 12.0 Å². The third-order valence-corrected chi connectivity index (χ3v) is 17.2. The lowest BCUT2D eigenvalue weighted by Gasteiger charge is -2.72. The van der Waals surface area contributed by atoms with Gasteiger partial charge in [-0.25, -0.2) is 22.7 Å². The lowest BCUT2D eigenvalue weighted by Crippen LogP contribution is -2.68. The summed E-state index contributed by atoms with van der Waals surface area (Å²) in [5.41, 5.74) is 4.26. The first-order valence-electron chi connectivity index (χ1n) is 19.6. The zero-order valence-corrected chi connectivity index (χ0v) is 33.0. The summed E-state index contributed by atoms with van der Waals surface area (Å²) >= 11 is 0. The Kier molecular flexibility index (Phi) is 9.96. The Hall–Kier alpha value is -2.65. The van der Waals surface area contributed by atoms with E-state index in [9.17, 15) is 23.1 Å². The van der Waals surface area contributed by atoms with E-state index in [1.807, 2.05) is 12.1 Å². The Balaban J connectivity index is 1.23. The molecule has 2 amide bonds. The molecular weight excluding hydrogens is 659 g/mol. The Labute approximate surface area is 307 Å². The van der Waals surface area contributed by atoms with Crippen LogP contribution in [0.5, 0.6) is 0 Å². The second-order valence-corrected chi connectivity index (χ2v) is 20.4. The van der Waals surface area contributed by atoms with Gasteiger partial charge < -0.3 is 15.7 Å². The van der Waals surface area contributed by atoms with E-state index in [2.05, 4.69) is 69.6 Å². The van der Waals surface area contributed by atoms with Gasteiger partial charge in [0, 0.05) is 18.6 Å². The summed E-state index contributed by atoms with van der Waals surface area (Å²) in [5, 5.41) is 16.1. The number of hydrogen-bond acceptors (Lipinski definition) is 4. The van der Waals surface area contributed by atoms with Crippen molar-refractivity contribution >= 4 is 27.6 Å². The maximum absolute atomic E-state index is 13.5. The van der Waals surface area contributed by atoms with Gasteiger partial charge in [0.1, 0.15) is 0 Å². The van der Waals surface area contributed by atoms with Gasteiger partial charge in [-0.3, -0.25) is 0 Å². The van der Waals surface area contributed by atoms with Crippen molar-refractivity contribution in [2.75, 3.05) is 18.8 Å². The van der Waals surface area contributed by atoms with E-state index in [1.54, 1.807) is 19.1 Å². The molecule has 1 aromatic rings. The van der Waals surface area contributed by atoms with Crippen LogP contribution in [0.1, 0.15) is 129 Å². The Morgan fingerprint density at radius 1 is 0.902 bits per heavy atom. The number of carbonyl (C=O) groups is 2. The molecule has 0 spiro atoms. The van der Waals surface area contributed by atoms with Crippen LogP contribution in [0.2, 0.25) is 0 Å². The molecule has 8 nitrogen and oxygen atoms in total. The number of urea groups is 1. The molecule has 0 radical (unpaired) electrons.